The molecule has 15 heteroatoms. The summed E-state index contributed by atoms with van der Waals surface area (Å²) in [5.74, 6) is 0. The number of pyridine rings is 4. The summed E-state index contributed by atoms with van der Waals surface area (Å²) in [4.78, 5) is 16.7. The minimum atomic E-state index is -5.31. The van der Waals surface area contributed by atoms with Gasteiger partial charge in [0.05, 0.1) is 22.8 Å². The van der Waals surface area contributed by atoms with E-state index in [9.17, 15) is 25.9 Å². The average molecular weight is 612 g/mol. The zero-order valence-electron chi connectivity index (χ0n) is 17.4. The smallest absolute Gasteiger partial charge is 0.246 e. The number of rotatable bonds is 5. The Morgan fingerprint density at radius 1 is 0.486 bits per heavy atom. The summed E-state index contributed by atoms with van der Waals surface area (Å²) in [5, 5.41) is 0. The molecule has 0 fully saturated rings. The summed E-state index contributed by atoms with van der Waals surface area (Å²) in [6, 6.07) is 23.2. The van der Waals surface area contributed by atoms with Gasteiger partial charge in [-0.1, -0.05) is 24.3 Å². The minimum Gasteiger partial charge on any atom is -0.724 e. The van der Waals surface area contributed by atoms with Crippen molar-refractivity contribution in [2.45, 2.75) is 0 Å². The Bertz CT molecular complexity index is 1150. The summed E-state index contributed by atoms with van der Waals surface area (Å²) in [7, 11) is -10.6. The third kappa shape index (κ3) is 13.5. The molecule has 189 valence electrons. The van der Waals surface area contributed by atoms with Crippen LogP contribution in [0.25, 0.3) is 22.8 Å². The van der Waals surface area contributed by atoms with Crippen LogP contribution >= 0.6 is 0 Å². The van der Waals surface area contributed by atoms with E-state index in [1.165, 1.54) is 0 Å². The van der Waals surface area contributed by atoms with Gasteiger partial charge in [0.2, 0.25) is 20.8 Å². The summed E-state index contributed by atoms with van der Waals surface area (Å²) in [6.07, 6.45) is 7.07. The van der Waals surface area contributed by atoms with Gasteiger partial charge in [-0.15, -0.1) is 8.67 Å². The van der Waals surface area contributed by atoms with Crippen LogP contribution in [-0.2, 0) is 51.8 Å². The molecule has 35 heavy (non-hydrogen) atoms. The number of nitrogens with zero attached hydrogens (tertiary/aromatic N) is 4. The van der Waals surface area contributed by atoms with E-state index < -0.39 is 20.8 Å². The molecule has 0 saturated heterocycles. The molecule has 0 N–H and O–H groups in total. The van der Waals surface area contributed by atoms with Crippen molar-refractivity contribution in [1.82, 2.24) is 19.9 Å². The molecule has 0 unspecified atom stereocenters. The van der Waals surface area contributed by atoms with Crippen LogP contribution in [0.3, 0.4) is 0 Å². The standard InChI is InChI=1S/2C10H8N2.Ag.H2O8S2/c2*1-3-7-11-9(5-1)10-6-2-4-8-12-10;;1-9(2,3)7-8-10(4,5)6/h2*1-8H;;(H,1,2,3)(H,4,5,6)/p-2. The first-order valence-corrected chi connectivity index (χ1v) is 11.7. The summed E-state index contributed by atoms with van der Waals surface area (Å²) in [5.41, 5.74) is 3.66. The monoisotopic (exact) mass is 611 g/mol. The molecule has 0 spiro atoms. The summed E-state index contributed by atoms with van der Waals surface area (Å²) >= 11 is 0. The maximum absolute atomic E-state index is 9.37. The van der Waals surface area contributed by atoms with E-state index in [0.29, 0.717) is 0 Å². The fourth-order valence-electron chi connectivity index (χ4n) is 2.13. The van der Waals surface area contributed by atoms with Gasteiger partial charge in [-0.3, -0.25) is 19.9 Å². The van der Waals surface area contributed by atoms with Crippen LogP contribution in [0.2, 0.25) is 0 Å². The van der Waals surface area contributed by atoms with Crippen molar-refractivity contribution in [2.24, 2.45) is 0 Å². The first-order chi connectivity index (χ1) is 16.1. The van der Waals surface area contributed by atoms with E-state index in [1.807, 2.05) is 72.8 Å². The fourth-order valence-corrected chi connectivity index (χ4v) is 2.67. The van der Waals surface area contributed by atoms with E-state index in [-0.39, 0.29) is 22.4 Å². The maximum atomic E-state index is 9.37. The molecule has 4 heterocycles. The Hall–Kier alpha value is -2.92. The molecule has 0 saturated carbocycles. The van der Waals surface area contributed by atoms with Gasteiger partial charge in [0.25, 0.3) is 0 Å². The van der Waals surface area contributed by atoms with Crippen molar-refractivity contribution < 1.29 is 57.0 Å². The van der Waals surface area contributed by atoms with Crippen molar-refractivity contribution in [3.63, 3.8) is 0 Å². The topological polar surface area (TPSA) is 184 Å². The van der Waals surface area contributed by atoms with E-state index >= 15 is 0 Å². The third-order valence-electron chi connectivity index (χ3n) is 3.38. The molecule has 0 aliphatic carbocycles. The number of hydrogen-bond acceptors (Lipinski definition) is 12. The molecule has 4 aromatic heterocycles. The van der Waals surface area contributed by atoms with Gasteiger partial charge in [0.15, 0.2) is 0 Å². The van der Waals surface area contributed by atoms with E-state index in [2.05, 4.69) is 28.6 Å². The Kier molecular flexibility index (Phi) is 13.0. The predicted molar refractivity (Wildman–Crippen MR) is 117 cm³/mol. The largest absolute Gasteiger partial charge is 0.724 e. The van der Waals surface area contributed by atoms with E-state index in [1.54, 1.807) is 24.8 Å². The molecule has 0 amide bonds. The van der Waals surface area contributed by atoms with Crippen molar-refractivity contribution in [1.29, 1.82) is 0 Å². The van der Waals surface area contributed by atoms with Gasteiger partial charge in [-0.25, -0.2) is 16.8 Å². The first kappa shape index (κ1) is 30.1. The van der Waals surface area contributed by atoms with Gasteiger partial charge >= 0.3 is 0 Å². The van der Waals surface area contributed by atoms with Crippen molar-refractivity contribution in [2.75, 3.05) is 0 Å². The molecule has 1 radical (unpaired) electrons. The van der Waals surface area contributed by atoms with Gasteiger partial charge in [-0.05, 0) is 48.5 Å². The molecule has 0 aliphatic rings. The minimum absolute atomic E-state index is 0. The molecule has 0 bridgehead atoms. The molecule has 0 aliphatic heterocycles. The summed E-state index contributed by atoms with van der Waals surface area (Å²) in [6.45, 7) is 0. The second-order valence-corrected chi connectivity index (χ2v) is 7.72. The second-order valence-electron chi connectivity index (χ2n) is 5.81. The van der Waals surface area contributed by atoms with Gasteiger partial charge in [-0.2, -0.15) is 0 Å². The molecular formula is C20H16AgN4O8S2-2. The van der Waals surface area contributed by atoms with Crippen LogP contribution in [0, 0.1) is 0 Å². The van der Waals surface area contributed by atoms with Crippen LogP contribution in [0.4, 0.5) is 0 Å². The molecular weight excluding hydrogens is 596 g/mol. The molecule has 0 atom stereocenters. The van der Waals surface area contributed by atoms with Crippen molar-refractivity contribution >= 4 is 20.8 Å². The Morgan fingerprint density at radius 3 is 0.857 bits per heavy atom. The second kappa shape index (κ2) is 15.2. The molecule has 4 aromatic rings. The van der Waals surface area contributed by atoms with E-state index in [0.717, 1.165) is 22.8 Å². The van der Waals surface area contributed by atoms with E-state index in [4.69, 9.17) is 0 Å². The normalized spacial score (nSPS) is 10.5. The van der Waals surface area contributed by atoms with Crippen LogP contribution in [0.5, 0.6) is 0 Å². The SMILES string of the molecule is O=S(=O)([O-])OOS(=O)(=O)[O-].[Ag].c1ccc(-c2ccccn2)nc1.c1ccc(-c2ccccn2)nc1. The van der Waals surface area contributed by atoms with Crippen LogP contribution < -0.4 is 0 Å². The number of hydrogen-bond donors (Lipinski definition) is 0. The van der Waals surface area contributed by atoms with Crippen LogP contribution in [0.1, 0.15) is 0 Å². The Labute approximate surface area is 217 Å². The fraction of sp³-hybridized carbons (Fsp3) is 0. The predicted octanol–water partition coefficient (Wildman–Crippen LogP) is 2.14. The molecule has 0 aromatic carbocycles. The zero-order valence-corrected chi connectivity index (χ0v) is 20.5. The molecule has 4 rings (SSSR count). The van der Waals surface area contributed by atoms with Crippen LogP contribution in [-0.4, -0.2) is 45.9 Å². The quantitative estimate of drug-likeness (QED) is 0.105. The molecule has 12 nitrogen and oxygen atoms in total. The van der Waals surface area contributed by atoms with Crippen molar-refractivity contribution in [3.8, 4) is 22.8 Å². The Morgan fingerprint density at radius 2 is 0.714 bits per heavy atom. The van der Waals surface area contributed by atoms with Crippen LogP contribution in [0.15, 0.2) is 97.6 Å². The van der Waals surface area contributed by atoms with Gasteiger partial charge < -0.3 is 9.11 Å². The Balaban J connectivity index is 0.000000261. The third-order valence-corrected chi connectivity index (χ3v) is 3.93. The maximum Gasteiger partial charge on any atom is 0.246 e. The average Bonchev–Trinajstić information content (AvgIpc) is 2.85. The first-order valence-electron chi connectivity index (χ1n) is 9.08. The van der Waals surface area contributed by atoms with Gasteiger partial charge in [0.1, 0.15) is 0 Å². The zero-order chi connectivity index (χ0) is 24.9. The number of aromatic nitrogens is 4. The summed E-state index contributed by atoms with van der Waals surface area (Å²) < 4.78 is 61.5. The van der Waals surface area contributed by atoms with Crippen molar-refractivity contribution in [3.05, 3.63) is 97.6 Å². The van der Waals surface area contributed by atoms with Gasteiger partial charge in [0, 0.05) is 47.2 Å².